The molecule has 0 saturated heterocycles. The van der Waals surface area contributed by atoms with Gasteiger partial charge in [0, 0.05) is 50.8 Å². The Bertz CT molecular complexity index is 3640. The lowest BCUT2D eigenvalue weighted by Crippen LogP contribution is -2.06. The van der Waals surface area contributed by atoms with Gasteiger partial charge in [0.15, 0.2) is 0 Å². The van der Waals surface area contributed by atoms with Gasteiger partial charge in [0.25, 0.3) is 0 Å². The first-order valence-electron chi connectivity index (χ1n) is 34.3. The van der Waals surface area contributed by atoms with Gasteiger partial charge < -0.3 is 0 Å². The predicted molar refractivity (Wildman–Crippen MR) is 383 cm³/mol. The van der Waals surface area contributed by atoms with E-state index in [1.165, 1.54) is 318 Å². The van der Waals surface area contributed by atoms with Crippen molar-refractivity contribution >= 4 is 121 Å². The molecule has 1 aliphatic heterocycles. The summed E-state index contributed by atoms with van der Waals surface area (Å²) in [6.45, 7) is 13.9. The Hall–Kier alpha value is -4.12. The van der Waals surface area contributed by atoms with E-state index in [0.717, 1.165) is 45.9 Å². The highest BCUT2D eigenvalue weighted by atomic mass is 32.1. The lowest BCUT2D eigenvalue weighted by Gasteiger charge is -2.18. The number of rotatable bonds is 39. The molecule has 0 radical (unpaired) electrons. The van der Waals surface area contributed by atoms with Gasteiger partial charge in [0.05, 0.1) is 23.1 Å². The number of nitrogens with zero attached hydrogens (tertiary/aromatic N) is 4. The first kappa shape index (κ1) is 63.9. The highest BCUT2D eigenvalue weighted by Crippen LogP contribution is 2.56. The van der Waals surface area contributed by atoms with Crippen LogP contribution >= 0.6 is 45.7 Å². The molecule has 2 atom stereocenters. The maximum atomic E-state index is 5.23. The molecule has 0 saturated carbocycles. The van der Waals surface area contributed by atoms with Crippen LogP contribution in [0.25, 0.3) is 84.1 Å². The smallest absolute Gasteiger partial charge is 0.116 e. The SMILES string of the molecule is CCCCCCCCCCC(CCCCCCCC)Cc1cc(-c2c3c(c(-c4cc(CC(CCCCCCCC)CCCCCCCCCC)c(-c5ccc6c(ccc7c8ccc9cc(C)ccc9c8sc67)c5)s4)c4nsnc24)N=S=N3)sc1C. The summed E-state index contributed by atoms with van der Waals surface area (Å²) in [5.41, 5.74) is 11.8. The van der Waals surface area contributed by atoms with Gasteiger partial charge in [-0.1, -0.05) is 293 Å². The van der Waals surface area contributed by atoms with Gasteiger partial charge in [-0.05, 0) is 95.0 Å². The molecule has 0 aliphatic carbocycles. The molecular weight excluding hydrogens is 1130 g/mol. The van der Waals surface area contributed by atoms with Crippen molar-refractivity contribution in [1.82, 2.24) is 8.75 Å². The lowest BCUT2D eigenvalue weighted by atomic mass is 9.87. The molecule has 2 unspecified atom stereocenters. The number of hydrogen-bond donors (Lipinski definition) is 0. The monoisotopic (exact) mass is 1230 g/mol. The third-order valence-corrected chi connectivity index (χ3v) is 23.7. The van der Waals surface area contributed by atoms with E-state index in [2.05, 4.69) is 114 Å². The highest BCUT2D eigenvalue weighted by Gasteiger charge is 2.30. The molecule has 454 valence electrons. The largest absolute Gasteiger partial charge is 0.172 e. The van der Waals surface area contributed by atoms with E-state index in [0.29, 0.717) is 5.92 Å². The summed E-state index contributed by atoms with van der Waals surface area (Å²) >= 11 is 8.58. The number of thiophene rings is 3. The second-order valence-corrected chi connectivity index (χ2v) is 30.1. The predicted octanol–water partition coefficient (Wildman–Crippen LogP) is 27.7. The summed E-state index contributed by atoms with van der Waals surface area (Å²) in [5, 5.41) is 8.07. The van der Waals surface area contributed by atoms with Crippen LogP contribution in [-0.4, -0.2) is 8.75 Å². The fraction of sp³-hybridized carbons (Fsp3) is 0.553. The van der Waals surface area contributed by atoms with Crippen molar-refractivity contribution in [2.45, 2.75) is 260 Å². The van der Waals surface area contributed by atoms with Gasteiger partial charge in [0.1, 0.15) is 22.4 Å². The molecule has 5 heterocycles. The van der Waals surface area contributed by atoms with Crippen molar-refractivity contribution in [3.63, 3.8) is 0 Å². The Kier molecular flexibility index (Phi) is 24.7. The summed E-state index contributed by atoms with van der Waals surface area (Å²) in [7, 11) is 0. The van der Waals surface area contributed by atoms with Crippen LogP contribution in [0, 0.1) is 25.7 Å². The molecule has 0 N–H and O–H groups in total. The molecule has 4 nitrogen and oxygen atoms in total. The third kappa shape index (κ3) is 16.4. The molecule has 1 aliphatic rings. The second-order valence-electron chi connectivity index (χ2n) is 25.8. The van der Waals surface area contributed by atoms with Gasteiger partial charge in [-0.15, -0.1) is 34.0 Å². The maximum absolute atomic E-state index is 5.23. The number of aromatic nitrogens is 2. The molecule has 0 fully saturated rings. The fourth-order valence-electron chi connectivity index (χ4n) is 14.0. The van der Waals surface area contributed by atoms with Crippen LogP contribution in [0.2, 0.25) is 0 Å². The van der Waals surface area contributed by atoms with Gasteiger partial charge in [-0.25, -0.2) is 0 Å². The van der Waals surface area contributed by atoms with E-state index in [9.17, 15) is 0 Å². The fourth-order valence-corrected chi connectivity index (χ4v) is 18.8. The summed E-state index contributed by atoms with van der Waals surface area (Å²) in [6.07, 6.45) is 45.8. The van der Waals surface area contributed by atoms with Crippen LogP contribution in [0.3, 0.4) is 0 Å². The number of benzene rings is 5. The van der Waals surface area contributed by atoms with Crippen LogP contribution < -0.4 is 0 Å². The quantitative estimate of drug-likeness (QED) is 0.0361. The summed E-state index contributed by atoms with van der Waals surface area (Å²) in [5.74, 6) is 1.38. The Balaban J connectivity index is 0.985. The Labute approximate surface area is 532 Å². The molecule has 4 aromatic heterocycles. The maximum Gasteiger partial charge on any atom is 0.116 e. The standard InChI is InChI=1S/C76H100N4S5/c1-7-11-15-19-23-25-29-33-36-55(35-31-27-21-17-13-9-3)48-60-51-66(81-54(60)6)68-70-72(79-84-77-70)69(73-71(68)78-85-80-73)67-52-61(49-56(37-32-28-22-18-14-10-4)38-34-30-26-24-20-16-12-8-2)74(82-67)59-42-44-63-58(50-59)41-46-65-64-45-40-57-47-53(5)39-43-62(57)75(64)83-76(63)65/h39-47,50-52,55-56H,7-38,48-49H2,1-6H3. The van der Waals surface area contributed by atoms with Crippen LogP contribution in [0.15, 0.2) is 81.5 Å². The minimum atomic E-state index is 0.649. The van der Waals surface area contributed by atoms with E-state index >= 15 is 0 Å². The minimum absolute atomic E-state index is 0.649. The zero-order valence-electron chi connectivity index (χ0n) is 53.0. The number of fused-ring (bicyclic) bond motifs is 9. The van der Waals surface area contributed by atoms with E-state index in [1.807, 2.05) is 34.0 Å². The van der Waals surface area contributed by atoms with Crippen LogP contribution in [-0.2, 0) is 24.2 Å². The van der Waals surface area contributed by atoms with Gasteiger partial charge >= 0.3 is 0 Å². The third-order valence-electron chi connectivity index (χ3n) is 19.0. The topological polar surface area (TPSA) is 50.5 Å². The zero-order valence-corrected chi connectivity index (χ0v) is 57.0. The molecule has 0 spiro atoms. The van der Waals surface area contributed by atoms with Gasteiger partial charge in [-0.2, -0.15) is 17.5 Å². The molecule has 0 amide bonds. The lowest BCUT2D eigenvalue weighted by molar-refractivity contribution is 0.400. The normalized spacial score (nSPS) is 13.2. The first-order valence-corrected chi connectivity index (χ1v) is 38.2. The summed E-state index contributed by atoms with van der Waals surface area (Å²) in [4.78, 5) is 5.37. The Morgan fingerprint density at radius 2 is 0.800 bits per heavy atom. The van der Waals surface area contributed by atoms with E-state index in [4.69, 9.17) is 17.5 Å². The van der Waals surface area contributed by atoms with Crippen molar-refractivity contribution in [2.24, 2.45) is 20.6 Å². The molecule has 85 heavy (non-hydrogen) atoms. The van der Waals surface area contributed by atoms with Crippen LogP contribution in [0.1, 0.15) is 255 Å². The number of aryl methyl sites for hydroxylation is 2. The molecule has 5 aromatic carbocycles. The summed E-state index contributed by atoms with van der Waals surface area (Å²) in [6, 6.07) is 28.9. The Morgan fingerprint density at radius 3 is 1.29 bits per heavy atom. The Morgan fingerprint density at radius 1 is 0.388 bits per heavy atom. The number of hydrogen-bond acceptors (Lipinski definition) is 8. The van der Waals surface area contributed by atoms with Gasteiger partial charge in [-0.3, -0.25) is 0 Å². The van der Waals surface area contributed by atoms with Crippen molar-refractivity contribution in [3.8, 4) is 31.3 Å². The average molecular weight is 1230 g/mol. The number of unbranched alkanes of at least 4 members (excludes halogenated alkanes) is 24. The molecule has 0 bridgehead atoms. The average Bonchev–Trinajstić information content (AvgIpc) is 1.75. The van der Waals surface area contributed by atoms with Crippen molar-refractivity contribution in [2.75, 3.05) is 0 Å². The van der Waals surface area contributed by atoms with Crippen molar-refractivity contribution in [1.29, 1.82) is 0 Å². The molecular formula is C76H100N4S5. The highest BCUT2D eigenvalue weighted by molar-refractivity contribution is 7.58. The van der Waals surface area contributed by atoms with E-state index in [1.54, 1.807) is 0 Å². The summed E-state index contributed by atoms with van der Waals surface area (Å²) < 4.78 is 23.7. The molecule has 9 heteroatoms. The first-order chi connectivity index (χ1) is 41.9. The van der Waals surface area contributed by atoms with Crippen molar-refractivity contribution < 1.29 is 0 Å². The molecule has 9 aromatic rings. The molecule has 10 rings (SSSR count). The minimum Gasteiger partial charge on any atom is -0.172 e. The van der Waals surface area contributed by atoms with Crippen LogP contribution in [0.4, 0.5) is 11.4 Å². The van der Waals surface area contributed by atoms with Crippen LogP contribution in [0.5, 0.6) is 0 Å². The van der Waals surface area contributed by atoms with E-state index in [-0.39, 0.29) is 0 Å². The second kappa shape index (κ2) is 32.9. The van der Waals surface area contributed by atoms with Crippen molar-refractivity contribution in [3.05, 3.63) is 94.4 Å². The zero-order chi connectivity index (χ0) is 58.7. The van der Waals surface area contributed by atoms with Gasteiger partial charge in [0.2, 0.25) is 0 Å². The van der Waals surface area contributed by atoms with E-state index < -0.39 is 0 Å².